The largest absolute Gasteiger partial charge is 0.484 e. The summed E-state index contributed by atoms with van der Waals surface area (Å²) in [5, 5.41) is 2.80. The van der Waals surface area contributed by atoms with Crippen LogP contribution in [0.25, 0.3) is 0 Å². The molecule has 1 amide bonds. The number of rotatable bonds is 7. The van der Waals surface area contributed by atoms with E-state index in [1.807, 2.05) is 42.5 Å². The topological polar surface area (TPSA) is 55.4 Å². The van der Waals surface area contributed by atoms with E-state index in [4.69, 9.17) is 4.74 Å². The van der Waals surface area contributed by atoms with Gasteiger partial charge in [0.05, 0.1) is 0 Å². The van der Waals surface area contributed by atoms with Crippen molar-refractivity contribution in [1.82, 2.24) is 0 Å². The van der Waals surface area contributed by atoms with E-state index < -0.39 is 0 Å². The molecule has 3 rings (SSSR count). The molecule has 0 aliphatic heterocycles. The predicted molar refractivity (Wildman–Crippen MR) is 106 cm³/mol. The molecule has 0 unspecified atom stereocenters. The van der Waals surface area contributed by atoms with E-state index in [0.29, 0.717) is 16.9 Å². The summed E-state index contributed by atoms with van der Waals surface area (Å²) in [5.41, 5.74) is 3.17. The maximum absolute atomic E-state index is 12.4. The number of nitrogens with one attached hydrogen (secondary N) is 1. The Labute approximate surface area is 158 Å². The average Bonchev–Trinajstić information content (AvgIpc) is 2.73. The fourth-order valence-corrected chi connectivity index (χ4v) is 2.63. The summed E-state index contributed by atoms with van der Waals surface area (Å²) >= 11 is 0. The van der Waals surface area contributed by atoms with Crippen molar-refractivity contribution in [2.75, 3.05) is 11.9 Å². The van der Waals surface area contributed by atoms with Crippen LogP contribution in [0.15, 0.2) is 78.9 Å². The Morgan fingerprint density at radius 2 is 1.44 bits per heavy atom. The van der Waals surface area contributed by atoms with Gasteiger partial charge in [0.25, 0.3) is 5.91 Å². The standard InChI is InChI=1S/C23H21NO3/c1-2-17-8-12-20(13-9-17)24-22(25)16-27-21-14-10-19(11-15-21)23(26)18-6-4-3-5-7-18/h3-15H,2,16H2,1H3,(H,24,25). The highest BCUT2D eigenvalue weighted by atomic mass is 16.5. The number of hydrogen-bond donors (Lipinski definition) is 1. The molecule has 0 bridgehead atoms. The first-order valence-electron chi connectivity index (χ1n) is 8.87. The minimum absolute atomic E-state index is 0.0459. The third kappa shape index (κ3) is 5.05. The van der Waals surface area contributed by atoms with Crippen molar-refractivity contribution in [2.24, 2.45) is 0 Å². The molecule has 0 atom stereocenters. The lowest BCUT2D eigenvalue weighted by Crippen LogP contribution is -2.20. The molecule has 0 radical (unpaired) electrons. The lowest BCUT2D eigenvalue weighted by Gasteiger charge is -2.09. The van der Waals surface area contributed by atoms with Crippen molar-refractivity contribution in [3.05, 3.63) is 95.6 Å². The molecule has 0 saturated carbocycles. The second-order valence-corrected chi connectivity index (χ2v) is 6.11. The fourth-order valence-electron chi connectivity index (χ4n) is 2.63. The number of hydrogen-bond acceptors (Lipinski definition) is 3. The zero-order chi connectivity index (χ0) is 19.1. The van der Waals surface area contributed by atoms with Crippen LogP contribution >= 0.6 is 0 Å². The molecule has 4 heteroatoms. The highest BCUT2D eigenvalue weighted by molar-refractivity contribution is 6.09. The summed E-state index contributed by atoms with van der Waals surface area (Å²) in [7, 11) is 0. The summed E-state index contributed by atoms with van der Waals surface area (Å²) in [6.45, 7) is 1.99. The van der Waals surface area contributed by atoms with Gasteiger partial charge < -0.3 is 10.1 Å². The van der Waals surface area contributed by atoms with Crippen molar-refractivity contribution in [2.45, 2.75) is 13.3 Å². The summed E-state index contributed by atoms with van der Waals surface area (Å²) in [4.78, 5) is 24.4. The Bertz CT molecular complexity index is 901. The van der Waals surface area contributed by atoms with E-state index in [1.54, 1.807) is 36.4 Å². The fraction of sp³-hybridized carbons (Fsp3) is 0.130. The molecule has 3 aromatic rings. The molecule has 0 aliphatic rings. The van der Waals surface area contributed by atoms with Gasteiger partial charge in [-0.25, -0.2) is 0 Å². The van der Waals surface area contributed by atoms with E-state index in [1.165, 1.54) is 5.56 Å². The van der Waals surface area contributed by atoms with E-state index in [0.717, 1.165) is 12.1 Å². The second-order valence-electron chi connectivity index (χ2n) is 6.11. The number of carbonyl (C=O) groups is 2. The first-order chi connectivity index (χ1) is 13.2. The quantitative estimate of drug-likeness (QED) is 0.632. The lowest BCUT2D eigenvalue weighted by atomic mass is 10.0. The van der Waals surface area contributed by atoms with E-state index in [2.05, 4.69) is 12.2 Å². The summed E-state index contributed by atoms with van der Waals surface area (Å²) in [5.74, 6) is 0.259. The molecular weight excluding hydrogens is 338 g/mol. The van der Waals surface area contributed by atoms with Crippen LogP contribution in [0.5, 0.6) is 5.75 Å². The minimum atomic E-state index is -0.233. The highest BCUT2D eigenvalue weighted by Gasteiger charge is 2.09. The van der Waals surface area contributed by atoms with Crippen molar-refractivity contribution >= 4 is 17.4 Å². The van der Waals surface area contributed by atoms with E-state index in [-0.39, 0.29) is 18.3 Å². The van der Waals surface area contributed by atoms with Crippen LogP contribution in [0.2, 0.25) is 0 Å². The molecule has 0 saturated heterocycles. The van der Waals surface area contributed by atoms with Crippen molar-refractivity contribution < 1.29 is 14.3 Å². The van der Waals surface area contributed by atoms with Crippen LogP contribution in [0.1, 0.15) is 28.4 Å². The molecule has 0 aliphatic carbocycles. The molecule has 0 spiro atoms. The van der Waals surface area contributed by atoms with Gasteiger partial charge >= 0.3 is 0 Å². The van der Waals surface area contributed by atoms with Crippen molar-refractivity contribution in [3.8, 4) is 5.75 Å². The first kappa shape index (κ1) is 18.4. The van der Waals surface area contributed by atoms with Gasteiger partial charge in [-0.05, 0) is 48.4 Å². The Morgan fingerprint density at radius 1 is 0.815 bits per heavy atom. The number of aryl methyl sites for hydroxylation is 1. The van der Waals surface area contributed by atoms with Crippen LogP contribution in [0, 0.1) is 0 Å². The number of ether oxygens (including phenoxy) is 1. The third-order valence-electron chi connectivity index (χ3n) is 4.17. The molecule has 1 N–H and O–H groups in total. The highest BCUT2D eigenvalue weighted by Crippen LogP contribution is 2.16. The van der Waals surface area contributed by atoms with Crippen LogP contribution in [-0.4, -0.2) is 18.3 Å². The normalized spacial score (nSPS) is 10.3. The van der Waals surface area contributed by atoms with Crippen molar-refractivity contribution in [1.29, 1.82) is 0 Å². The molecule has 0 fully saturated rings. The molecule has 0 heterocycles. The second kappa shape index (κ2) is 8.81. The Morgan fingerprint density at radius 3 is 2.07 bits per heavy atom. The average molecular weight is 359 g/mol. The third-order valence-corrected chi connectivity index (χ3v) is 4.17. The SMILES string of the molecule is CCc1ccc(NC(=O)COc2ccc(C(=O)c3ccccc3)cc2)cc1. The number of amides is 1. The van der Waals surface area contributed by atoms with Gasteiger partial charge in [0.1, 0.15) is 5.75 Å². The minimum Gasteiger partial charge on any atom is -0.484 e. The van der Waals surface area contributed by atoms with Crippen LogP contribution in [-0.2, 0) is 11.2 Å². The van der Waals surface area contributed by atoms with Gasteiger partial charge in [0, 0.05) is 16.8 Å². The number of benzene rings is 3. The maximum Gasteiger partial charge on any atom is 0.262 e. The van der Waals surface area contributed by atoms with E-state index >= 15 is 0 Å². The van der Waals surface area contributed by atoms with Gasteiger partial charge in [-0.3, -0.25) is 9.59 Å². The van der Waals surface area contributed by atoms with Gasteiger partial charge in [-0.1, -0.05) is 49.4 Å². The smallest absolute Gasteiger partial charge is 0.262 e. The molecule has 136 valence electrons. The summed E-state index contributed by atoms with van der Waals surface area (Å²) in [6.07, 6.45) is 0.958. The van der Waals surface area contributed by atoms with Crippen LogP contribution in [0.3, 0.4) is 0 Å². The van der Waals surface area contributed by atoms with E-state index in [9.17, 15) is 9.59 Å². The van der Waals surface area contributed by atoms with Crippen LogP contribution in [0.4, 0.5) is 5.69 Å². The van der Waals surface area contributed by atoms with Crippen LogP contribution < -0.4 is 10.1 Å². The molecular formula is C23H21NO3. The Hall–Kier alpha value is -3.40. The Balaban J connectivity index is 1.53. The number of anilines is 1. The zero-order valence-electron chi connectivity index (χ0n) is 15.1. The lowest BCUT2D eigenvalue weighted by molar-refractivity contribution is -0.118. The summed E-state index contributed by atoms with van der Waals surface area (Å²) < 4.78 is 5.50. The first-order valence-corrected chi connectivity index (χ1v) is 8.87. The van der Waals surface area contributed by atoms with Gasteiger partial charge in [-0.15, -0.1) is 0 Å². The summed E-state index contributed by atoms with van der Waals surface area (Å²) in [6, 6.07) is 23.6. The zero-order valence-corrected chi connectivity index (χ0v) is 15.1. The van der Waals surface area contributed by atoms with Gasteiger partial charge in [-0.2, -0.15) is 0 Å². The molecule has 4 nitrogen and oxygen atoms in total. The number of carbonyl (C=O) groups excluding carboxylic acids is 2. The molecule has 0 aromatic heterocycles. The van der Waals surface area contributed by atoms with Crippen molar-refractivity contribution in [3.63, 3.8) is 0 Å². The maximum atomic E-state index is 12.4. The van der Waals surface area contributed by atoms with Gasteiger partial charge in [0.15, 0.2) is 12.4 Å². The van der Waals surface area contributed by atoms with Gasteiger partial charge in [0.2, 0.25) is 0 Å². The Kier molecular flexibility index (Phi) is 6.00. The predicted octanol–water partition coefficient (Wildman–Crippen LogP) is 4.50. The molecule has 27 heavy (non-hydrogen) atoms. The number of ketones is 1. The molecule has 3 aromatic carbocycles. The monoisotopic (exact) mass is 359 g/mol.